The van der Waals surface area contributed by atoms with Crippen molar-refractivity contribution >= 4 is 40.8 Å². The number of aromatic hydroxyl groups is 1. The largest absolute Gasteiger partial charge is 0.508 e. The molecule has 15 heteroatoms. The summed E-state index contributed by atoms with van der Waals surface area (Å²) in [5.74, 6) is -8.56. The van der Waals surface area contributed by atoms with E-state index in [2.05, 4.69) is 18.7 Å². The van der Waals surface area contributed by atoms with Crippen LogP contribution < -0.4 is 20.1 Å². The Morgan fingerprint density at radius 1 is 1.05 bits per heavy atom. The topological polar surface area (TPSA) is 225 Å². The van der Waals surface area contributed by atoms with Crippen molar-refractivity contribution in [2.75, 3.05) is 58.5 Å². The molecule has 1 amide bonds. The number of nitrogens with zero attached hydrogens (tertiary/aromatic N) is 3. The fraction of sp³-hybridized carbons (Fsp3) is 0.512. The molecule has 4 aliphatic rings. The van der Waals surface area contributed by atoms with Gasteiger partial charge in [-0.3, -0.25) is 24.3 Å². The number of ketones is 2. The number of aliphatic hydroxyl groups is 4. The number of phenolic OH excluding ortho intramolecular Hbond substituents is 1. The summed E-state index contributed by atoms with van der Waals surface area (Å²) < 4.78 is 18.2. The number of unbranched alkanes of at least 4 members (excludes halogenated alkanes) is 2. The molecule has 0 radical (unpaired) electrons. The van der Waals surface area contributed by atoms with Crippen LogP contribution in [0.2, 0.25) is 0 Å². The van der Waals surface area contributed by atoms with Gasteiger partial charge in [-0.1, -0.05) is 33.6 Å². The SMILES string of the molecule is CCCCOc1cc(N2CCOCC2)c(OCCCC)cc1C=Nc1ccc(O)c2c1C(C)[C@H]1C(=C2O)C(=O)[C@@]2(O)C(O)=C(C(N)=O)C(=O)[C@H](N(C)C)[C@H]2[C@@H]1O. The molecule has 0 bridgehead atoms. The first-order chi connectivity index (χ1) is 26.7. The van der Waals surface area contributed by atoms with Gasteiger partial charge in [0.25, 0.3) is 5.91 Å². The van der Waals surface area contributed by atoms with Crippen molar-refractivity contribution in [3.05, 3.63) is 57.9 Å². The summed E-state index contributed by atoms with van der Waals surface area (Å²) in [5, 5.41) is 58.3. The Morgan fingerprint density at radius 3 is 2.30 bits per heavy atom. The summed E-state index contributed by atoms with van der Waals surface area (Å²) in [6, 6.07) is 5.22. The van der Waals surface area contributed by atoms with E-state index in [-0.39, 0.29) is 5.56 Å². The number of ether oxygens (including phenoxy) is 3. The molecule has 2 fully saturated rings. The molecule has 1 heterocycles. The van der Waals surface area contributed by atoms with Crippen LogP contribution in [0, 0.1) is 11.8 Å². The van der Waals surface area contributed by atoms with Gasteiger partial charge in [0.2, 0.25) is 5.78 Å². The molecule has 7 N–H and O–H groups in total. The maximum Gasteiger partial charge on any atom is 0.255 e. The smallest absolute Gasteiger partial charge is 0.255 e. The van der Waals surface area contributed by atoms with E-state index in [1.54, 1.807) is 19.2 Å². The minimum atomic E-state index is -3.01. The molecule has 2 aromatic carbocycles. The summed E-state index contributed by atoms with van der Waals surface area (Å²) >= 11 is 0. The predicted molar refractivity (Wildman–Crippen MR) is 208 cm³/mol. The van der Waals surface area contributed by atoms with Crippen molar-refractivity contribution in [1.29, 1.82) is 0 Å². The van der Waals surface area contributed by atoms with Crippen molar-refractivity contribution < 1.29 is 54.1 Å². The van der Waals surface area contributed by atoms with Crippen LogP contribution >= 0.6 is 0 Å². The number of benzene rings is 2. The number of likely N-dealkylation sites (N-methyl/N-ethyl adjacent to an activating group) is 1. The van der Waals surface area contributed by atoms with Crippen molar-refractivity contribution in [3.63, 3.8) is 0 Å². The normalized spacial score (nSPS) is 26.4. The van der Waals surface area contributed by atoms with Crippen LogP contribution in [0.3, 0.4) is 0 Å². The number of nitrogens with two attached hydrogens (primary N) is 1. The van der Waals surface area contributed by atoms with Crippen molar-refractivity contribution in [2.45, 2.75) is 70.1 Å². The number of rotatable bonds is 13. The fourth-order valence-electron chi connectivity index (χ4n) is 8.54. The average Bonchev–Trinajstić information content (AvgIpc) is 3.16. The number of fused-ring (bicyclic) bond motifs is 3. The van der Waals surface area contributed by atoms with Gasteiger partial charge in [0.05, 0.1) is 61.4 Å². The lowest BCUT2D eigenvalue weighted by Crippen LogP contribution is -2.70. The van der Waals surface area contributed by atoms with E-state index >= 15 is 0 Å². The lowest BCUT2D eigenvalue weighted by molar-refractivity contribution is -0.169. The first-order valence-electron chi connectivity index (χ1n) is 19.2. The number of anilines is 1. The number of morpholine rings is 1. The number of aliphatic hydroxyl groups excluding tert-OH is 3. The van der Waals surface area contributed by atoms with E-state index in [0.29, 0.717) is 67.8 Å². The van der Waals surface area contributed by atoms with Gasteiger partial charge >= 0.3 is 0 Å². The Bertz CT molecular complexity index is 1990. The highest BCUT2D eigenvalue weighted by atomic mass is 16.5. The van der Waals surface area contributed by atoms with Gasteiger partial charge in [-0.2, -0.15) is 0 Å². The van der Waals surface area contributed by atoms with E-state index in [9.17, 15) is 39.9 Å². The van der Waals surface area contributed by atoms with Gasteiger partial charge in [0.1, 0.15) is 34.3 Å². The van der Waals surface area contributed by atoms with Crippen molar-refractivity contribution in [3.8, 4) is 17.2 Å². The van der Waals surface area contributed by atoms with Crippen LogP contribution in [0.4, 0.5) is 11.4 Å². The van der Waals surface area contributed by atoms with Crippen LogP contribution in [0.15, 0.2) is 46.2 Å². The van der Waals surface area contributed by atoms with Crippen LogP contribution in [-0.4, -0.2) is 125 Å². The van der Waals surface area contributed by atoms with Gasteiger partial charge in [0, 0.05) is 42.4 Å². The molecule has 15 nitrogen and oxygen atoms in total. The minimum absolute atomic E-state index is 0.152. The Hall–Kier alpha value is -4.96. The molecule has 3 aliphatic carbocycles. The minimum Gasteiger partial charge on any atom is -0.508 e. The molecule has 6 atom stereocenters. The summed E-state index contributed by atoms with van der Waals surface area (Å²) in [6.07, 6.45) is 3.42. The van der Waals surface area contributed by atoms with Crippen molar-refractivity contribution in [1.82, 2.24) is 4.90 Å². The van der Waals surface area contributed by atoms with Crippen LogP contribution in [0.5, 0.6) is 17.2 Å². The monoisotopic (exact) mass is 776 g/mol. The summed E-state index contributed by atoms with van der Waals surface area (Å²) in [7, 11) is 2.92. The lowest BCUT2D eigenvalue weighted by Gasteiger charge is -2.53. The summed E-state index contributed by atoms with van der Waals surface area (Å²) in [4.78, 5) is 48.7. The molecule has 0 aromatic heterocycles. The standard InChI is InChI=1S/C41H52N4O11/c1-6-8-14-55-26-19-24(45-12-16-54-17-13-45)27(56-15-9-7-2)18-22(26)20-43-23-10-11-25(46)30-28(23)21(3)29-31(35(30)47)38(50)41(53)33(36(29)48)34(44(4)5)37(49)32(39(41)51)40(42)52/h10-11,18-21,29,33-34,36,46-48,51,53H,6-9,12-17H2,1-5H3,(H2,42,52)/t21?,29-,33-,34+,36+,41+/m0/s1. The number of hydrogen-bond donors (Lipinski definition) is 6. The van der Waals surface area contributed by atoms with Crippen LogP contribution in [0.1, 0.15) is 69.1 Å². The first-order valence-corrected chi connectivity index (χ1v) is 19.2. The zero-order chi connectivity index (χ0) is 40.6. The first kappa shape index (κ1) is 40.7. The number of hydrogen-bond acceptors (Lipinski definition) is 14. The summed E-state index contributed by atoms with van der Waals surface area (Å²) in [6.45, 7) is 9.33. The number of Topliss-reactive ketones (excluding diaryl/α,β-unsaturated/α-hetero) is 2. The van der Waals surface area contributed by atoms with Crippen LogP contribution in [0.25, 0.3) is 5.76 Å². The van der Waals surface area contributed by atoms with Gasteiger partial charge in [-0.15, -0.1) is 0 Å². The average molecular weight is 777 g/mol. The Morgan fingerprint density at radius 2 is 1.70 bits per heavy atom. The maximum absolute atomic E-state index is 14.4. The molecular formula is C41H52N4O11. The zero-order valence-corrected chi connectivity index (χ0v) is 32.4. The lowest BCUT2D eigenvalue weighted by atomic mass is 9.54. The quantitative estimate of drug-likeness (QED) is 0.0976. The number of carbonyl (C=O) groups is 3. The zero-order valence-electron chi connectivity index (χ0n) is 32.4. The molecule has 56 heavy (non-hydrogen) atoms. The molecule has 1 saturated heterocycles. The molecule has 1 aliphatic heterocycles. The van der Waals surface area contributed by atoms with E-state index in [1.807, 2.05) is 12.1 Å². The molecule has 0 spiro atoms. The highest BCUT2D eigenvalue weighted by Gasteiger charge is 2.68. The molecule has 1 unspecified atom stereocenters. The molecule has 1 saturated carbocycles. The van der Waals surface area contributed by atoms with E-state index in [0.717, 1.165) is 31.4 Å². The fourth-order valence-corrected chi connectivity index (χ4v) is 8.54. The maximum atomic E-state index is 14.4. The van der Waals surface area contributed by atoms with Gasteiger partial charge in [-0.05, 0) is 56.6 Å². The Labute approximate surface area is 325 Å². The Balaban J connectivity index is 1.49. The molecule has 2 aromatic rings. The third-order valence-corrected chi connectivity index (χ3v) is 11.4. The second-order valence-electron chi connectivity index (χ2n) is 15.1. The van der Waals surface area contributed by atoms with Gasteiger partial charge in [0.15, 0.2) is 11.4 Å². The third-order valence-electron chi connectivity index (χ3n) is 11.4. The predicted octanol–water partition coefficient (Wildman–Crippen LogP) is 3.44. The van der Waals surface area contributed by atoms with Crippen LogP contribution in [-0.2, 0) is 19.1 Å². The summed E-state index contributed by atoms with van der Waals surface area (Å²) in [5.41, 5.74) is 2.90. The van der Waals surface area contributed by atoms with Crippen molar-refractivity contribution in [2.24, 2.45) is 22.6 Å². The highest BCUT2D eigenvalue weighted by Crippen LogP contribution is 2.57. The number of phenols is 1. The Kier molecular flexibility index (Phi) is 11.8. The molecule has 6 rings (SSSR count). The van der Waals surface area contributed by atoms with E-state index < -0.39 is 81.4 Å². The molecule has 302 valence electrons. The molecular weight excluding hydrogens is 724 g/mol. The number of primary amides is 1. The second-order valence-corrected chi connectivity index (χ2v) is 15.1. The van der Waals surface area contributed by atoms with E-state index in [4.69, 9.17) is 24.9 Å². The highest BCUT2D eigenvalue weighted by molar-refractivity contribution is 6.24. The van der Waals surface area contributed by atoms with Gasteiger partial charge in [-0.25, -0.2) is 0 Å². The van der Waals surface area contributed by atoms with Gasteiger partial charge < -0.3 is 50.4 Å². The van der Waals surface area contributed by atoms with E-state index in [1.165, 1.54) is 25.1 Å². The number of amides is 1. The number of carbonyl (C=O) groups excluding carboxylic acids is 3. The second kappa shape index (κ2) is 16.3. The number of aliphatic imine (C=N–C) groups is 1. The third kappa shape index (κ3) is 6.80.